The number of nitrogens with zero attached hydrogens (tertiary/aromatic N) is 2. The highest BCUT2D eigenvalue weighted by Gasteiger charge is 2.24. The van der Waals surface area contributed by atoms with Gasteiger partial charge in [-0.05, 0) is 68.1 Å². The topological polar surface area (TPSA) is 54.5 Å². The Hall–Kier alpha value is -2.44. The number of hydrogen-bond donors (Lipinski definition) is 1. The summed E-state index contributed by atoms with van der Waals surface area (Å²) < 4.78 is 5.43. The van der Waals surface area contributed by atoms with E-state index < -0.39 is 0 Å². The Morgan fingerprint density at radius 1 is 1.23 bits per heavy atom. The molecule has 1 N–H and O–H groups in total. The van der Waals surface area contributed by atoms with Crippen molar-refractivity contribution in [3.05, 3.63) is 58.5 Å². The summed E-state index contributed by atoms with van der Waals surface area (Å²) in [7, 11) is 0. The largest absolute Gasteiger partial charge is 0.412 e. The maximum absolute atomic E-state index is 12.1. The lowest BCUT2D eigenvalue weighted by atomic mass is 9.96. The third-order valence-electron chi connectivity index (χ3n) is 5.86. The number of amides is 1. The quantitative estimate of drug-likeness (QED) is 0.516. The molecule has 1 atom stereocenters. The van der Waals surface area contributed by atoms with Crippen molar-refractivity contribution in [3.8, 4) is 5.75 Å². The van der Waals surface area contributed by atoms with E-state index in [2.05, 4.69) is 22.1 Å². The number of carbonyl (C=O) groups is 1. The second-order valence-electron chi connectivity index (χ2n) is 7.78. The Labute approximate surface area is 182 Å². The van der Waals surface area contributed by atoms with Crippen LogP contribution < -0.4 is 10.1 Å². The summed E-state index contributed by atoms with van der Waals surface area (Å²) in [5.74, 6) is 0.572. The maximum Gasteiger partial charge on any atom is 0.412 e. The Morgan fingerprint density at radius 3 is 2.97 bits per heavy atom. The Kier molecular flexibility index (Phi) is 6.97. The van der Waals surface area contributed by atoms with Crippen molar-refractivity contribution in [2.45, 2.75) is 45.1 Å². The number of fused-ring (bicyclic) bond motifs is 2. The highest BCUT2D eigenvalue weighted by molar-refractivity contribution is 7.09. The summed E-state index contributed by atoms with van der Waals surface area (Å²) in [6.45, 7) is 5.00. The van der Waals surface area contributed by atoms with Crippen molar-refractivity contribution in [2.24, 2.45) is 0 Å². The molecule has 0 spiro atoms. The van der Waals surface area contributed by atoms with E-state index in [1.54, 1.807) is 11.3 Å². The summed E-state index contributed by atoms with van der Waals surface area (Å²) in [4.78, 5) is 20.6. The van der Waals surface area contributed by atoms with Gasteiger partial charge in [0.05, 0.1) is 11.2 Å². The molecule has 1 unspecified atom stereocenters. The van der Waals surface area contributed by atoms with E-state index in [1.807, 2.05) is 48.0 Å². The lowest BCUT2D eigenvalue weighted by Gasteiger charge is -2.33. The SMILES string of the molecule is CCN(CCCCNC(=O)Oc1ccc2ccccc2c1)C1CCc2ncsc2C1. The van der Waals surface area contributed by atoms with E-state index in [0.717, 1.165) is 49.5 Å². The number of aromatic nitrogens is 1. The summed E-state index contributed by atoms with van der Waals surface area (Å²) in [5.41, 5.74) is 3.29. The molecule has 0 fully saturated rings. The molecule has 3 aromatic rings. The summed E-state index contributed by atoms with van der Waals surface area (Å²) in [6, 6.07) is 14.4. The van der Waals surface area contributed by atoms with Crippen LogP contribution in [0.2, 0.25) is 0 Å². The minimum absolute atomic E-state index is 0.386. The van der Waals surface area contributed by atoms with Crippen LogP contribution >= 0.6 is 11.3 Å². The fourth-order valence-corrected chi connectivity index (χ4v) is 5.08. The van der Waals surface area contributed by atoms with Gasteiger partial charge in [-0.2, -0.15) is 0 Å². The van der Waals surface area contributed by atoms with Crippen molar-refractivity contribution >= 4 is 28.2 Å². The van der Waals surface area contributed by atoms with Crippen molar-refractivity contribution < 1.29 is 9.53 Å². The fraction of sp³-hybridized carbons (Fsp3) is 0.417. The molecule has 0 radical (unpaired) electrons. The number of nitrogens with one attached hydrogen (secondary N) is 1. The zero-order chi connectivity index (χ0) is 20.8. The number of carbonyl (C=O) groups excluding carboxylic acids is 1. The average Bonchev–Trinajstić information content (AvgIpc) is 3.24. The summed E-state index contributed by atoms with van der Waals surface area (Å²) in [6.07, 6.45) is 5.05. The van der Waals surface area contributed by atoms with Crippen LogP contribution in [-0.4, -0.2) is 41.7 Å². The van der Waals surface area contributed by atoms with E-state index in [1.165, 1.54) is 17.0 Å². The molecule has 1 aliphatic carbocycles. The van der Waals surface area contributed by atoms with E-state index in [0.29, 0.717) is 18.3 Å². The number of rotatable bonds is 8. The third-order valence-corrected chi connectivity index (χ3v) is 6.75. The first-order chi connectivity index (χ1) is 14.7. The molecule has 2 aromatic carbocycles. The number of benzene rings is 2. The van der Waals surface area contributed by atoms with Gasteiger partial charge in [0.1, 0.15) is 5.75 Å². The fourth-order valence-electron chi connectivity index (χ4n) is 4.20. The Bertz CT molecular complexity index is 987. The van der Waals surface area contributed by atoms with Gasteiger partial charge in [0, 0.05) is 17.5 Å². The second kappa shape index (κ2) is 10.0. The summed E-state index contributed by atoms with van der Waals surface area (Å²) >= 11 is 1.79. The van der Waals surface area contributed by atoms with Crippen LogP contribution in [0.3, 0.4) is 0 Å². The van der Waals surface area contributed by atoms with Gasteiger partial charge in [-0.3, -0.25) is 0 Å². The van der Waals surface area contributed by atoms with Crippen molar-refractivity contribution in [2.75, 3.05) is 19.6 Å². The van der Waals surface area contributed by atoms with Crippen LogP contribution in [0.25, 0.3) is 10.8 Å². The first-order valence-corrected chi connectivity index (χ1v) is 11.7. The molecule has 1 heterocycles. The molecule has 1 aromatic heterocycles. The zero-order valence-corrected chi connectivity index (χ0v) is 18.3. The molecule has 1 aliphatic rings. The molecule has 0 saturated heterocycles. The van der Waals surface area contributed by atoms with E-state index in [-0.39, 0.29) is 6.09 Å². The first-order valence-electron chi connectivity index (χ1n) is 10.8. The molecule has 0 saturated carbocycles. The predicted octanol–water partition coefficient (Wildman–Crippen LogP) is 5.04. The van der Waals surface area contributed by atoms with Gasteiger partial charge in [0.2, 0.25) is 0 Å². The van der Waals surface area contributed by atoms with E-state index in [9.17, 15) is 4.79 Å². The third kappa shape index (κ3) is 5.18. The van der Waals surface area contributed by atoms with Crippen LogP contribution in [-0.2, 0) is 12.8 Å². The summed E-state index contributed by atoms with van der Waals surface area (Å²) in [5, 5.41) is 5.07. The molecule has 30 heavy (non-hydrogen) atoms. The normalized spacial score (nSPS) is 15.9. The number of likely N-dealkylation sites (N-methyl/N-ethyl adjacent to an activating group) is 1. The number of aryl methyl sites for hydroxylation is 1. The van der Waals surface area contributed by atoms with Crippen LogP contribution in [0.5, 0.6) is 5.75 Å². The van der Waals surface area contributed by atoms with Gasteiger partial charge in [-0.15, -0.1) is 11.3 Å². The van der Waals surface area contributed by atoms with E-state index in [4.69, 9.17) is 4.74 Å². The van der Waals surface area contributed by atoms with Crippen LogP contribution in [0.1, 0.15) is 36.8 Å². The van der Waals surface area contributed by atoms with Crippen molar-refractivity contribution in [3.63, 3.8) is 0 Å². The highest BCUT2D eigenvalue weighted by atomic mass is 32.1. The van der Waals surface area contributed by atoms with Gasteiger partial charge in [-0.25, -0.2) is 9.78 Å². The van der Waals surface area contributed by atoms with Gasteiger partial charge >= 0.3 is 6.09 Å². The van der Waals surface area contributed by atoms with Crippen molar-refractivity contribution in [1.82, 2.24) is 15.2 Å². The number of ether oxygens (including phenoxy) is 1. The number of unbranched alkanes of at least 4 members (excludes halogenated alkanes) is 1. The van der Waals surface area contributed by atoms with Crippen LogP contribution in [0, 0.1) is 0 Å². The molecule has 0 bridgehead atoms. The predicted molar refractivity (Wildman–Crippen MR) is 122 cm³/mol. The number of hydrogen-bond acceptors (Lipinski definition) is 5. The lowest BCUT2D eigenvalue weighted by Crippen LogP contribution is -2.39. The second-order valence-corrected chi connectivity index (χ2v) is 8.72. The highest BCUT2D eigenvalue weighted by Crippen LogP contribution is 2.27. The van der Waals surface area contributed by atoms with Crippen LogP contribution in [0.4, 0.5) is 4.79 Å². The lowest BCUT2D eigenvalue weighted by molar-refractivity contribution is 0.184. The monoisotopic (exact) mass is 423 g/mol. The van der Waals surface area contributed by atoms with E-state index >= 15 is 0 Å². The van der Waals surface area contributed by atoms with Gasteiger partial charge in [-0.1, -0.05) is 37.3 Å². The molecule has 1 amide bonds. The van der Waals surface area contributed by atoms with Gasteiger partial charge in [0.15, 0.2) is 0 Å². The zero-order valence-electron chi connectivity index (χ0n) is 17.5. The smallest absolute Gasteiger partial charge is 0.410 e. The van der Waals surface area contributed by atoms with Gasteiger partial charge in [0.25, 0.3) is 0 Å². The molecule has 4 rings (SSSR count). The molecular formula is C24H29N3O2S. The van der Waals surface area contributed by atoms with Crippen molar-refractivity contribution in [1.29, 1.82) is 0 Å². The molecular weight excluding hydrogens is 394 g/mol. The number of thiazole rings is 1. The Balaban J connectivity index is 1.16. The molecule has 0 aliphatic heterocycles. The Morgan fingerprint density at radius 2 is 2.10 bits per heavy atom. The minimum atomic E-state index is -0.386. The maximum atomic E-state index is 12.1. The molecule has 6 heteroatoms. The average molecular weight is 424 g/mol. The standard InChI is InChI=1S/C24H29N3O2S/c1-2-27(20-10-12-22-23(16-20)30-17-26-22)14-6-5-13-25-24(28)29-21-11-9-18-7-3-4-8-19(18)15-21/h3-4,7-9,11,15,17,20H,2,5-6,10,12-14,16H2,1H3,(H,25,28). The molecule has 5 nitrogen and oxygen atoms in total. The van der Waals surface area contributed by atoms with Gasteiger partial charge < -0.3 is 15.0 Å². The van der Waals surface area contributed by atoms with Crippen LogP contribution in [0.15, 0.2) is 48.0 Å². The molecule has 158 valence electrons. The minimum Gasteiger partial charge on any atom is -0.410 e. The first kappa shape index (κ1) is 20.8.